The number of hydrogen-bond acceptors (Lipinski definition) is 2. The highest BCUT2D eigenvalue weighted by Crippen LogP contribution is 2.84. The van der Waals surface area contributed by atoms with E-state index >= 15 is 0 Å². The molecule has 8 atom stereocenters. The van der Waals surface area contributed by atoms with Crippen LogP contribution in [0.4, 0.5) is 4.39 Å². The molecule has 0 saturated heterocycles. The van der Waals surface area contributed by atoms with Gasteiger partial charge in [-0.05, 0) is 84.7 Å². The van der Waals surface area contributed by atoms with E-state index in [0.717, 1.165) is 59.7 Å². The summed E-state index contributed by atoms with van der Waals surface area (Å²) >= 11 is 0. The van der Waals surface area contributed by atoms with Crippen molar-refractivity contribution in [2.45, 2.75) is 19.3 Å². The van der Waals surface area contributed by atoms with Gasteiger partial charge in [-0.15, -0.1) is 0 Å². The zero-order chi connectivity index (χ0) is 15.3. The molecule has 120 valence electrons. The quantitative estimate of drug-likeness (QED) is 0.869. The number of carbonyl (C=O) groups is 1. The smallest absolute Gasteiger partial charge is 0.255 e. The van der Waals surface area contributed by atoms with Crippen LogP contribution < -0.4 is 5.32 Å². The van der Waals surface area contributed by atoms with Crippen molar-refractivity contribution in [3.8, 4) is 0 Å². The summed E-state index contributed by atoms with van der Waals surface area (Å²) in [4.78, 5) is 15.7. The Balaban J connectivity index is 1.14. The van der Waals surface area contributed by atoms with Crippen LogP contribution in [0.1, 0.15) is 29.6 Å². The van der Waals surface area contributed by atoms with Crippen LogP contribution in [-0.2, 0) is 0 Å². The molecule has 7 rings (SSSR count). The summed E-state index contributed by atoms with van der Waals surface area (Å²) in [5.41, 5.74) is 0.0616. The molecule has 0 aliphatic heterocycles. The monoisotopic (exact) mass is 312 g/mol. The Hall–Kier alpha value is -1.45. The molecule has 1 amide bonds. The second-order valence-electron chi connectivity index (χ2n) is 8.49. The highest BCUT2D eigenvalue weighted by Gasteiger charge is 2.79. The van der Waals surface area contributed by atoms with Crippen molar-refractivity contribution in [3.05, 3.63) is 29.8 Å². The topological polar surface area (TPSA) is 42.0 Å². The molecule has 1 N–H and O–H groups in total. The van der Waals surface area contributed by atoms with Crippen LogP contribution in [0.25, 0.3) is 0 Å². The third kappa shape index (κ3) is 1.38. The standard InChI is InChI=1S/C19H21FN2O/c20-18-9(2-1-4-21-18)19(23)22-5-3-8-14-12-6-10-11-7-13(16(10)14)15(8)17(11)12/h1-2,4,8,10-17H,3,5-7H2,(H,22,23). The van der Waals surface area contributed by atoms with Crippen LogP contribution in [0.5, 0.6) is 0 Å². The van der Waals surface area contributed by atoms with Crippen molar-refractivity contribution in [1.29, 1.82) is 0 Å². The third-order valence-corrected chi connectivity index (χ3v) is 8.25. The molecule has 0 aromatic carbocycles. The largest absolute Gasteiger partial charge is 0.352 e. The predicted molar refractivity (Wildman–Crippen MR) is 81.8 cm³/mol. The molecule has 8 unspecified atom stereocenters. The molecular weight excluding hydrogens is 291 g/mol. The van der Waals surface area contributed by atoms with Gasteiger partial charge in [-0.25, -0.2) is 4.98 Å². The van der Waals surface area contributed by atoms with Crippen molar-refractivity contribution in [1.82, 2.24) is 10.3 Å². The summed E-state index contributed by atoms with van der Waals surface area (Å²) in [5.74, 6) is 8.02. The lowest BCUT2D eigenvalue weighted by molar-refractivity contribution is 0.0945. The molecule has 6 saturated carbocycles. The molecule has 6 aliphatic rings. The summed E-state index contributed by atoms with van der Waals surface area (Å²) in [7, 11) is 0. The average Bonchev–Trinajstić information content (AvgIpc) is 3.26. The summed E-state index contributed by atoms with van der Waals surface area (Å²) < 4.78 is 13.6. The number of carbonyl (C=O) groups excluding carboxylic acids is 1. The lowest BCUT2D eigenvalue weighted by Crippen LogP contribution is -2.30. The molecule has 4 heteroatoms. The molecule has 1 aromatic rings. The first-order chi connectivity index (χ1) is 11.3. The number of hydrogen-bond donors (Lipinski definition) is 1. The van der Waals surface area contributed by atoms with Crippen LogP contribution in [0.2, 0.25) is 0 Å². The number of aromatic nitrogens is 1. The van der Waals surface area contributed by atoms with Gasteiger partial charge in [-0.2, -0.15) is 4.39 Å². The van der Waals surface area contributed by atoms with E-state index in [0.29, 0.717) is 6.54 Å². The minimum Gasteiger partial charge on any atom is -0.352 e. The van der Waals surface area contributed by atoms with Gasteiger partial charge >= 0.3 is 0 Å². The number of amides is 1. The van der Waals surface area contributed by atoms with Crippen LogP contribution >= 0.6 is 0 Å². The van der Waals surface area contributed by atoms with Gasteiger partial charge < -0.3 is 5.32 Å². The Morgan fingerprint density at radius 3 is 2.48 bits per heavy atom. The van der Waals surface area contributed by atoms with E-state index in [2.05, 4.69) is 10.3 Å². The second-order valence-corrected chi connectivity index (χ2v) is 8.49. The first-order valence-electron chi connectivity index (χ1n) is 9.14. The fourth-order valence-electron chi connectivity index (χ4n) is 8.20. The first kappa shape index (κ1) is 12.9. The highest BCUT2D eigenvalue weighted by molar-refractivity contribution is 5.94. The van der Waals surface area contributed by atoms with E-state index in [9.17, 15) is 9.18 Å². The molecule has 6 aliphatic carbocycles. The number of nitrogens with zero attached hydrogens (tertiary/aromatic N) is 1. The molecule has 6 fully saturated rings. The number of nitrogens with one attached hydrogen (secondary N) is 1. The number of rotatable bonds is 4. The molecule has 1 heterocycles. The van der Waals surface area contributed by atoms with Gasteiger partial charge in [-0.1, -0.05) is 0 Å². The van der Waals surface area contributed by atoms with Gasteiger partial charge in [0, 0.05) is 12.7 Å². The number of pyridine rings is 1. The van der Waals surface area contributed by atoms with Gasteiger partial charge in [0.2, 0.25) is 5.95 Å². The Bertz CT molecular complexity index is 678. The third-order valence-electron chi connectivity index (χ3n) is 8.25. The van der Waals surface area contributed by atoms with Crippen LogP contribution in [0.15, 0.2) is 18.3 Å². The van der Waals surface area contributed by atoms with E-state index in [4.69, 9.17) is 0 Å². The lowest BCUT2D eigenvalue weighted by Gasteiger charge is -2.33. The van der Waals surface area contributed by atoms with Gasteiger partial charge in [0.25, 0.3) is 5.91 Å². The molecule has 3 nitrogen and oxygen atoms in total. The Labute approximate surface area is 135 Å². The van der Waals surface area contributed by atoms with Gasteiger partial charge in [0.15, 0.2) is 0 Å². The predicted octanol–water partition coefficient (Wildman–Crippen LogP) is 2.73. The molecule has 0 radical (unpaired) electrons. The van der Waals surface area contributed by atoms with Gasteiger partial charge in [0.05, 0.1) is 5.56 Å². The van der Waals surface area contributed by atoms with E-state index < -0.39 is 5.95 Å². The average molecular weight is 312 g/mol. The molecular formula is C19H21FN2O. The Kier molecular flexibility index (Phi) is 2.32. The summed E-state index contributed by atoms with van der Waals surface area (Å²) in [6, 6.07) is 3.11. The van der Waals surface area contributed by atoms with E-state index in [1.165, 1.54) is 25.1 Å². The van der Waals surface area contributed by atoms with Gasteiger partial charge in [-0.3, -0.25) is 4.79 Å². The van der Waals surface area contributed by atoms with Crippen molar-refractivity contribution in [3.63, 3.8) is 0 Å². The summed E-state index contributed by atoms with van der Waals surface area (Å²) in [6.45, 7) is 0.680. The molecule has 6 bridgehead atoms. The normalized spacial score (nSPS) is 49.7. The maximum atomic E-state index is 13.6. The zero-order valence-electron chi connectivity index (χ0n) is 13.0. The molecule has 1 aromatic heterocycles. The first-order valence-corrected chi connectivity index (χ1v) is 9.14. The highest BCUT2D eigenvalue weighted by atomic mass is 19.1. The van der Waals surface area contributed by atoms with Crippen molar-refractivity contribution < 1.29 is 9.18 Å². The van der Waals surface area contributed by atoms with Crippen LogP contribution in [-0.4, -0.2) is 17.4 Å². The van der Waals surface area contributed by atoms with Crippen molar-refractivity contribution in [2.24, 2.45) is 53.3 Å². The van der Waals surface area contributed by atoms with Crippen molar-refractivity contribution in [2.75, 3.05) is 6.54 Å². The van der Waals surface area contributed by atoms with Gasteiger partial charge in [0.1, 0.15) is 0 Å². The van der Waals surface area contributed by atoms with E-state index in [-0.39, 0.29) is 11.5 Å². The van der Waals surface area contributed by atoms with Crippen molar-refractivity contribution >= 4 is 5.91 Å². The van der Waals surface area contributed by atoms with Crippen LogP contribution in [0.3, 0.4) is 0 Å². The maximum Gasteiger partial charge on any atom is 0.255 e. The van der Waals surface area contributed by atoms with E-state index in [1.807, 2.05) is 0 Å². The second kappa shape index (κ2) is 4.14. The minimum atomic E-state index is -0.675. The zero-order valence-corrected chi connectivity index (χ0v) is 13.0. The Morgan fingerprint density at radius 2 is 1.83 bits per heavy atom. The fraction of sp³-hybridized carbons (Fsp3) is 0.684. The van der Waals surface area contributed by atoms with Crippen LogP contribution in [0, 0.1) is 59.2 Å². The Morgan fingerprint density at radius 1 is 1.13 bits per heavy atom. The minimum absolute atomic E-state index is 0.0616. The SMILES string of the molecule is O=C(NCCC1C2C3CC4C5CC(C42)C1C53)c1cccnc1F. The fourth-order valence-corrected chi connectivity index (χ4v) is 8.20. The number of halogens is 1. The summed E-state index contributed by atoms with van der Waals surface area (Å²) in [6.07, 6.45) is 5.49. The maximum absolute atomic E-state index is 13.6. The summed E-state index contributed by atoms with van der Waals surface area (Å²) in [5, 5.41) is 2.92. The molecule has 0 spiro atoms. The molecule has 23 heavy (non-hydrogen) atoms. The van der Waals surface area contributed by atoms with E-state index in [1.54, 1.807) is 6.07 Å². The lowest BCUT2D eigenvalue weighted by atomic mass is 9.71.